The molecule has 0 radical (unpaired) electrons. The van der Waals surface area contributed by atoms with E-state index in [0.29, 0.717) is 6.07 Å². The van der Waals surface area contributed by atoms with Crippen molar-refractivity contribution in [2.24, 2.45) is 0 Å². The number of non-ortho nitro benzene ring substituents is 1. The van der Waals surface area contributed by atoms with Gasteiger partial charge in [-0.1, -0.05) is 0 Å². The molecule has 0 bridgehead atoms. The molecule has 0 aromatic heterocycles. The molecule has 0 heterocycles. The highest BCUT2D eigenvalue weighted by molar-refractivity contribution is 5.48. The maximum Gasteiger partial charge on any atom is 0.276 e. The van der Waals surface area contributed by atoms with E-state index in [1.807, 2.05) is 0 Å². The number of halogens is 1. The van der Waals surface area contributed by atoms with Gasteiger partial charge in [0.05, 0.1) is 24.2 Å². The van der Waals surface area contributed by atoms with E-state index >= 15 is 0 Å². The third kappa shape index (κ3) is 1.66. The highest BCUT2D eigenvalue weighted by Gasteiger charge is 2.16. The Morgan fingerprint density at radius 1 is 1.62 bits per heavy atom. The van der Waals surface area contributed by atoms with E-state index in [-0.39, 0.29) is 0 Å². The van der Waals surface area contributed by atoms with Gasteiger partial charge in [0.25, 0.3) is 5.69 Å². The van der Waals surface area contributed by atoms with Gasteiger partial charge >= 0.3 is 0 Å². The van der Waals surface area contributed by atoms with Crippen LogP contribution >= 0.6 is 0 Å². The fourth-order valence-corrected chi connectivity index (χ4v) is 0.873. The number of hydrogen-bond donors (Lipinski definition) is 1. The average molecular weight is 187 g/mol. The van der Waals surface area contributed by atoms with Crippen LogP contribution in [0.5, 0.6) is 11.5 Å². The molecule has 0 unspecified atom stereocenters. The number of nitro benzene ring substituents is 1. The molecule has 0 amide bonds. The minimum Gasteiger partial charge on any atom is -0.504 e. The van der Waals surface area contributed by atoms with Crippen molar-refractivity contribution in [3.63, 3.8) is 0 Å². The first kappa shape index (κ1) is 9.24. The van der Waals surface area contributed by atoms with Crippen LogP contribution in [-0.4, -0.2) is 17.1 Å². The summed E-state index contributed by atoms with van der Waals surface area (Å²) >= 11 is 0. The minimum absolute atomic E-state index is 0.398. The largest absolute Gasteiger partial charge is 0.504 e. The molecular formula is C7H6FNO4. The maximum atomic E-state index is 12.9. The van der Waals surface area contributed by atoms with Gasteiger partial charge in [0.2, 0.25) is 0 Å². The maximum absolute atomic E-state index is 12.9. The molecule has 70 valence electrons. The zero-order valence-corrected chi connectivity index (χ0v) is 6.65. The third-order valence-corrected chi connectivity index (χ3v) is 1.42. The summed E-state index contributed by atoms with van der Waals surface area (Å²) in [5, 5.41) is 19.2. The van der Waals surface area contributed by atoms with Gasteiger partial charge in [0.15, 0.2) is 17.3 Å². The second-order valence-corrected chi connectivity index (χ2v) is 2.24. The molecule has 0 fully saturated rings. The number of ether oxygens (including phenoxy) is 1. The van der Waals surface area contributed by atoms with Gasteiger partial charge in [-0.05, 0) is 0 Å². The van der Waals surface area contributed by atoms with E-state index in [9.17, 15) is 14.5 Å². The van der Waals surface area contributed by atoms with E-state index in [1.54, 1.807) is 0 Å². The number of phenols is 1. The molecule has 1 rings (SSSR count). The summed E-state index contributed by atoms with van der Waals surface area (Å²) in [5.74, 6) is -1.95. The molecule has 6 heteroatoms. The van der Waals surface area contributed by atoms with Gasteiger partial charge in [0, 0.05) is 0 Å². The van der Waals surface area contributed by atoms with Crippen molar-refractivity contribution in [3.8, 4) is 11.5 Å². The van der Waals surface area contributed by atoms with Gasteiger partial charge < -0.3 is 9.84 Å². The predicted octanol–water partition coefficient (Wildman–Crippen LogP) is 1.45. The van der Waals surface area contributed by atoms with Crippen molar-refractivity contribution in [2.45, 2.75) is 0 Å². The number of rotatable bonds is 2. The summed E-state index contributed by atoms with van der Waals surface area (Å²) in [6.07, 6.45) is 0. The molecule has 1 N–H and O–H groups in total. The number of phenolic OH excluding ortho intramolecular Hbond substituents is 1. The summed E-state index contributed by atoms with van der Waals surface area (Å²) < 4.78 is 17.3. The van der Waals surface area contributed by atoms with Crippen molar-refractivity contribution in [2.75, 3.05) is 7.11 Å². The molecule has 0 aliphatic rings. The number of benzene rings is 1. The SMILES string of the molecule is COc1c(O)cc([N+](=O)[O-])cc1F. The van der Waals surface area contributed by atoms with E-state index < -0.39 is 27.9 Å². The van der Waals surface area contributed by atoms with Gasteiger partial charge in [0.1, 0.15) is 0 Å². The first-order valence-electron chi connectivity index (χ1n) is 3.27. The zero-order valence-electron chi connectivity index (χ0n) is 6.65. The van der Waals surface area contributed by atoms with Crippen LogP contribution in [0.1, 0.15) is 0 Å². The number of nitrogens with zero attached hydrogens (tertiary/aromatic N) is 1. The third-order valence-electron chi connectivity index (χ3n) is 1.42. The topological polar surface area (TPSA) is 72.6 Å². The molecule has 5 nitrogen and oxygen atoms in total. The van der Waals surface area contributed by atoms with Gasteiger partial charge in [-0.2, -0.15) is 0 Å². The summed E-state index contributed by atoms with van der Waals surface area (Å²) in [6, 6.07) is 1.50. The lowest BCUT2D eigenvalue weighted by Crippen LogP contribution is -1.93. The average Bonchev–Trinajstić information content (AvgIpc) is 2.03. The monoisotopic (exact) mass is 187 g/mol. The van der Waals surface area contributed by atoms with Crippen LogP contribution in [0.2, 0.25) is 0 Å². The van der Waals surface area contributed by atoms with Gasteiger partial charge in [-0.3, -0.25) is 10.1 Å². The molecule has 0 aliphatic carbocycles. The van der Waals surface area contributed by atoms with Crippen molar-refractivity contribution in [1.82, 2.24) is 0 Å². The van der Waals surface area contributed by atoms with Gasteiger partial charge in [-0.15, -0.1) is 0 Å². The van der Waals surface area contributed by atoms with Crippen molar-refractivity contribution in [1.29, 1.82) is 0 Å². The normalized spacial score (nSPS) is 9.69. The van der Waals surface area contributed by atoms with Crippen molar-refractivity contribution >= 4 is 5.69 Å². The molecule has 0 aliphatic heterocycles. The van der Waals surface area contributed by atoms with E-state index in [1.165, 1.54) is 0 Å². The Hall–Kier alpha value is -1.85. The summed E-state index contributed by atoms with van der Waals surface area (Å²) in [6.45, 7) is 0. The Morgan fingerprint density at radius 2 is 2.23 bits per heavy atom. The quantitative estimate of drug-likeness (QED) is 0.561. The molecule has 0 atom stereocenters. The Morgan fingerprint density at radius 3 is 2.62 bits per heavy atom. The Labute approximate surface area is 72.5 Å². The Balaban J connectivity index is 3.28. The fourth-order valence-electron chi connectivity index (χ4n) is 0.873. The summed E-state index contributed by atoms with van der Waals surface area (Å²) in [5.41, 5.74) is -0.518. The molecular weight excluding hydrogens is 181 g/mol. The molecule has 1 aromatic rings. The lowest BCUT2D eigenvalue weighted by molar-refractivity contribution is -0.385. The minimum atomic E-state index is -0.964. The van der Waals surface area contributed by atoms with E-state index in [2.05, 4.69) is 4.74 Å². The number of nitro groups is 1. The molecule has 0 saturated heterocycles. The predicted molar refractivity (Wildman–Crippen MR) is 41.3 cm³/mol. The molecule has 13 heavy (non-hydrogen) atoms. The smallest absolute Gasteiger partial charge is 0.276 e. The Bertz CT molecular complexity index is 329. The zero-order chi connectivity index (χ0) is 10.0. The first-order valence-corrected chi connectivity index (χ1v) is 3.27. The molecule has 0 spiro atoms. The second-order valence-electron chi connectivity index (χ2n) is 2.24. The number of aromatic hydroxyl groups is 1. The van der Waals surface area contributed by atoms with Crippen LogP contribution < -0.4 is 4.74 Å². The lowest BCUT2D eigenvalue weighted by atomic mass is 10.2. The van der Waals surface area contributed by atoms with Crippen LogP contribution in [0.15, 0.2) is 12.1 Å². The van der Waals surface area contributed by atoms with Crippen LogP contribution in [0.3, 0.4) is 0 Å². The van der Waals surface area contributed by atoms with Crippen LogP contribution in [0.25, 0.3) is 0 Å². The van der Waals surface area contributed by atoms with Gasteiger partial charge in [-0.25, -0.2) is 4.39 Å². The molecule has 0 saturated carbocycles. The van der Waals surface area contributed by atoms with Crippen LogP contribution in [0.4, 0.5) is 10.1 Å². The standard InChI is InChI=1S/C7H6FNO4/c1-13-7-5(8)2-4(9(11)12)3-6(7)10/h2-3,10H,1H3. The highest BCUT2D eigenvalue weighted by Crippen LogP contribution is 2.32. The second kappa shape index (κ2) is 3.26. The highest BCUT2D eigenvalue weighted by atomic mass is 19.1. The summed E-state index contributed by atoms with van der Waals surface area (Å²) in [7, 11) is 1.16. The fraction of sp³-hybridized carbons (Fsp3) is 0.143. The van der Waals surface area contributed by atoms with Crippen molar-refractivity contribution in [3.05, 3.63) is 28.1 Å². The number of hydrogen-bond acceptors (Lipinski definition) is 4. The lowest BCUT2D eigenvalue weighted by Gasteiger charge is -2.03. The molecule has 1 aromatic carbocycles. The first-order chi connectivity index (χ1) is 6.06. The van der Waals surface area contributed by atoms with E-state index in [4.69, 9.17) is 5.11 Å². The van der Waals surface area contributed by atoms with Crippen LogP contribution in [-0.2, 0) is 0 Å². The van der Waals surface area contributed by atoms with Crippen molar-refractivity contribution < 1.29 is 19.2 Å². The number of methoxy groups -OCH3 is 1. The Kier molecular flexibility index (Phi) is 2.32. The van der Waals surface area contributed by atoms with Crippen LogP contribution in [0, 0.1) is 15.9 Å². The summed E-state index contributed by atoms with van der Waals surface area (Å²) in [4.78, 5) is 9.39. The van der Waals surface area contributed by atoms with E-state index in [0.717, 1.165) is 13.2 Å².